The van der Waals surface area contributed by atoms with Crippen LogP contribution in [0.4, 0.5) is 5.95 Å². The number of carbonyl (C=O) groups excluding carboxylic acids is 2. The van der Waals surface area contributed by atoms with Crippen molar-refractivity contribution < 1.29 is 9.59 Å². The van der Waals surface area contributed by atoms with Crippen LogP contribution in [-0.4, -0.2) is 32.9 Å². The Labute approximate surface area is 187 Å². The molecule has 1 atom stereocenters. The topological polar surface area (TPSA) is 76.9 Å². The van der Waals surface area contributed by atoms with Crippen molar-refractivity contribution in [3.05, 3.63) is 26.7 Å². The molecule has 0 saturated heterocycles. The number of aromatic nitrogens is 3. The summed E-state index contributed by atoms with van der Waals surface area (Å²) in [5.41, 5.74) is 2.10. The first-order valence-corrected chi connectivity index (χ1v) is 12.7. The van der Waals surface area contributed by atoms with E-state index in [0.29, 0.717) is 18.6 Å². The SMILES string of the molecule is CCNc1nnc(C)n1C1CCc2sc(CC(=O)C3CC3)c(C(=O)CCC3CC3)c2C1. The minimum Gasteiger partial charge on any atom is -0.355 e. The van der Waals surface area contributed by atoms with E-state index in [0.717, 1.165) is 73.2 Å². The van der Waals surface area contributed by atoms with Gasteiger partial charge >= 0.3 is 0 Å². The van der Waals surface area contributed by atoms with Gasteiger partial charge in [-0.05, 0) is 63.9 Å². The molecule has 2 heterocycles. The fraction of sp³-hybridized carbons (Fsp3) is 0.667. The number of carbonyl (C=O) groups is 2. The fourth-order valence-electron chi connectivity index (χ4n) is 4.95. The summed E-state index contributed by atoms with van der Waals surface area (Å²) in [5, 5.41) is 11.9. The number of rotatable bonds is 10. The van der Waals surface area contributed by atoms with Crippen molar-refractivity contribution in [3.8, 4) is 0 Å². The molecule has 0 aromatic carbocycles. The summed E-state index contributed by atoms with van der Waals surface area (Å²) in [4.78, 5) is 28.4. The van der Waals surface area contributed by atoms with Gasteiger partial charge in [-0.3, -0.25) is 14.2 Å². The standard InChI is InChI=1S/C24H32N4O2S/c1-3-25-24-27-26-14(2)28(24)17-9-11-21-18(12-17)23(19(29)10-6-15-4-5-15)22(31-21)13-20(30)16-7-8-16/h15-17H,3-13H2,1-2H3,(H,25,27). The maximum Gasteiger partial charge on any atom is 0.224 e. The molecule has 1 unspecified atom stereocenters. The highest BCUT2D eigenvalue weighted by atomic mass is 32.1. The van der Waals surface area contributed by atoms with Crippen LogP contribution in [-0.2, 0) is 24.1 Å². The number of aryl methyl sites for hydroxylation is 2. The van der Waals surface area contributed by atoms with Gasteiger partial charge < -0.3 is 5.32 Å². The molecule has 2 saturated carbocycles. The lowest BCUT2D eigenvalue weighted by atomic mass is 9.87. The number of hydrogen-bond donors (Lipinski definition) is 1. The number of fused-ring (bicyclic) bond motifs is 1. The summed E-state index contributed by atoms with van der Waals surface area (Å²) in [6.07, 6.45) is 9.44. The summed E-state index contributed by atoms with van der Waals surface area (Å²) >= 11 is 1.73. The molecule has 3 aliphatic carbocycles. The molecule has 2 aromatic heterocycles. The van der Waals surface area contributed by atoms with Crippen molar-refractivity contribution in [2.45, 2.75) is 84.1 Å². The van der Waals surface area contributed by atoms with Gasteiger partial charge in [0, 0.05) is 46.7 Å². The van der Waals surface area contributed by atoms with E-state index in [9.17, 15) is 9.59 Å². The van der Waals surface area contributed by atoms with Gasteiger partial charge in [0.1, 0.15) is 11.6 Å². The average Bonchev–Trinajstić information content (AvgIpc) is 3.67. The zero-order valence-corrected chi connectivity index (χ0v) is 19.4. The molecule has 2 fully saturated rings. The molecule has 0 spiro atoms. The molecule has 7 heteroatoms. The molecule has 2 aromatic rings. The van der Waals surface area contributed by atoms with E-state index in [4.69, 9.17) is 0 Å². The van der Waals surface area contributed by atoms with E-state index >= 15 is 0 Å². The molecule has 5 rings (SSSR count). The second kappa shape index (κ2) is 8.49. The quantitative estimate of drug-likeness (QED) is 0.542. The first kappa shape index (κ1) is 20.9. The van der Waals surface area contributed by atoms with E-state index in [1.54, 1.807) is 11.3 Å². The van der Waals surface area contributed by atoms with Crippen molar-refractivity contribution in [1.29, 1.82) is 0 Å². The minimum absolute atomic E-state index is 0.239. The highest BCUT2D eigenvalue weighted by Gasteiger charge is 2.35. The lowest BCUT2D eigenvalue weighted by Crippen LogP contribution is -2.22. The maximum atomic E-state index is 13.4. The maximum absolute atomic E-state index is 13.4. The summed E-state index contributed by atoms with van der Waals surface area (Å²) in [7, 11) is 0. The molecule has 166 valence electrons. The predicted octanol–water partition coefficient (Wildman–Crippen LogP) is 4.70. The van der Waals surface area contributed by atoms with Crippen LogP contribution < -0.4 is 5.32 Å². The van der Waals surface area contributed by atoms with Crippen molar-refractivity contribution in [2.24, 2.45) is 11.8 Å². The number of nitrogens with zero attached hydrogens (tertiary/aromatic N) is 3. The number of anilines is 1. The van der Waals surface area contributed by atoms with Crippen LogP contribution in [0, 0.1) is 18.8 Å². The normalized spacial score (nSPS) is 20.5. The number of hydrogen-bond acceptors (Lipinski definition) is 6. The molecule has 31 heavy (non-hydrogen) atoms. The lowest BCUT2D eigenvalue weighted by Gasteiger charge is -2.26. The van der Waals surface area contributed by atoms with Crippen molar-refractivity contribution in [2.75, 3.05) is 11.9 Å². The van der Waals surface area contributed by atoms with Crippen LogP contribution in [0.5, 0.6) is 0 Å². The first-order valence-electron chi connectivity index (χ1n) is 11.9. The zero-order valence-electron chi connectivity index (χ0n) is 18.6. The van der Waals surface area contributed by atoms with Crippen LogP contribution in [0.25, 0.3) is 0 Å². The van der Waals surface area contributed by atoms with Crippen LogP contribution in [0.1, 0.15) is 89.4 Å². The Morgan fingerprint density at radius 1 is 1.16 bits per heavy atom. The van der Waals surface area contributed by atoms with E-state index in [-0.39, 0.29) is 17.7 Å². The summed E-state index contributed by atoms with van der Waals surface area (Å²) in [5.74, 6) is 3.29. The monoisotopic (exact) mass is 440 g/mol. The number of Topliss-reactive ketones (excluding diaryl/α,β-unsaturated/α-hetero) is 2. The highest BCUT2D eigenvalue weighted by Crippen LogP contribution is 2.42. The van der Waals surface area contributed by atoms with E-state index in [2.05, 4.69) is 27.0 Å². The van der Waals surface area contributed by atoms with Gasteiger partial charge in [0.2, 0.25) is 5.95 Å². The van der Waals surface area contributed by atoms with Gasteiger partial charge in [-0.1, -0.05) is 12.8 Å². The molecule has 0 aliphatic heterocycles. The van der Waals surface area contributed by atoms with Gasteiger partial charge in [-0.15, -0.1) is 21.5 Å². The minimum atomic E-state index is 0.239. The molecule has 0 amide bonds. The summed E-state index contributed by atoms with van der Waals surface area (Å²) < 4.78 is 2.21. The zero-order chi connectivity index (χ0) is 21.5. The third-order valence-electron chi connectivity index (χ3n) is 7.00. The number of ketones is 2. The fourth-order valence-corrected chi connectivity index (χ4v) is 6.33. The van der Waals surface area contributed by atoms with E-state index in [1.807, 2.05) is 6.92 Å². The Hall–Kier alpha value is -2.02. The second-order valence-electron chi connectivity index (χ2n) is 9.49. The highest BCUT2D eigenvalue weighted by molar-refractivity contribution is 7.12. The third kappa shape index (κ3) is 4.34. The van der Waals surface area contributed by atoms with Gasteiger partial charge in [0.15, 0.2) is 5.78 Å². The molecule has 1 N–H and O–H groups in total. The predicted molar refractivity (Wildman–Crippen MR) is 122 cm³/mol. The third-order valence-corrected chi connectivity index (χ3v) is 8.29. The van der Waals surface area contributed by atoms with Gasteiger partial charge in [0.25, 0.3) is 0 Å². The lowest BCUT2D eigenvalue weighted by molar-refractivity contribution is -0.119. The van der Waals surface area contributed by atoms with Crippen LogP contribution >= 0.6 is 11.3 Å². The Kier molecular flexibility index (Phi) is 5.71. The molecule has 6 nitrogen and oxygen atoms in total. The summed E-state index contributed by atoms with van der Waals surface area (Å²) in [6.45, 7) is 4.86. The largest absolute Gasteiger partial charge is 0.355 e. The second-order valence-corrected chi connectivity index (χ2v) is 10.7. The molecular formula is C24H32N4O2S. The van der Waals surface area contributed by atoms with Gasteiger partial charge in [0.05, 0.1) is 0 Å². The Balaban J connectivity index is 1.45. The number of nitrogens with one attached hydrogen (secondary N) is 1. The van der Waals surface area contributed by atoms with Crippen molar-refractivity contribution >= 4 is 28.9 Å². The Morgan fingerprint density at radius 2 is 1.97 bits per heavy atom. The molecule has 3 aliphatic rings. The van der Waals surface area contributed by atoms with Gasteiger partial charge in [-0.25, -0.2) is 0 Å². The smallest absolute Gasteiger partial charge is 0.224 e. The van der Waals surface area contributed by atoms with E-state index < -0.39 is 0 Å². The molecular weight excluding hydrogens is 408 g/mol. The number of thiophene rings is 1. The Morgan fingerprint density at radius 3 is 2.68 bits per heavy atom. The first-order chi connectivity index (χ1) is 15.0. The van der Waals surface area contributed by atoms with Crippen LogP contribution in [0.15, 0.2) is 0 Å². The average molecular weight is 441 g/mol. The van der Waals surface area contributed by atoms with E-state index in [1.165, 1.54) is 23.3 Å². The van der Waals surface area contributed by atoms with Crippen molar-refractivity contribution in [1.82, 2.24) is 14.8 Å². The Bertz CT molecular complexity index is 1000. The van der Waals surface area contributed by atoms with Crippen LogP contribution in [0.3, 0.4) is 0 Å². The summed E-state index contributed by atoms with van der Waals surface area (Å²) in [6, 6.07) is 0.244. The molecule has 0 bridgehead atoms. The van der Waals surface area contributed by atoms with Gasteiger partial charge in [-0.2, -0.15) is 0 Å². The van der Waals surface area contributed by atoms with Crippen LogP contribution in [0.2, 0.25) is 0 Å². The van der Waals surface area contributed by atoms with Crippen molar-refractivity contribution in [3.63, 3.8) is 0 Å². The molecule has 0 radical (unpaired) electrons.